The Labute approximate surface area is 120 Å². The Balaban J connectivity index is 2.01. The Morgan fingerprint density at radius 3 is 2.89 bits per heavy atom. The van der Waals surface area contributed by atoms with Crippen LogP contribution < -0.4 is 15.8 Å². The average Bonchev–Trinajstić information content (AvgIpc) is 3.16. The van der Waals surface area contributed by atoms with Gasteiger partial charge in [-0.25, -0.2) is 0 Å². The monoisotopic (exact) mass is 327 g/mol. The largest absolute Gasteiger partial charge is 0.495 e. The van der Waals surface area contributed by atoms with E-state index in [1.807, 2.05) is 18.2 Å². The van der Waals surface area contributed by atoms with E-state index in [1.165, 1.54) is 0 Å². The molecule has 1 aromatic carbocycles. The Kier molecular flexibility index (Phi) is 4.19. The van der Waals surface area contributed by atoms with Gasteiger partial charge in [0.1, 0.15) is 11.6 Å². The van der Waals surface area contributed by atoms with Gasteiger partial charge in [-0.2, -0.15) is 0 Å². The fourth-order valence-electron chi connectivity index (χ4n) is 2.11. The summed E-state index contributed by atoms with van der Waals surface area (Å²) in [6, 6.07) is 5.83. The number of oxime groups is 1. The van der Waals surface area contributed by atoms with E-state index in [2.05, 4.69) is 26.4 Å². The molecule has 0 radical (unpaired) electrons. The molecule has 6 heteroatoms. The van der Waals surface area contributed by atoms with E-state index >= 15 is 0 Å². The molecule has 0 heterocycles. The fourth-order valence-corrected chi connectivity index (χ4v) is 2.47. The van der Waals surface area contributed by atoms with Gasteiger partial charge in [0.15, 0.2) is 0 Å². The van der Waals surface area contributed by atoms with Crippen LogP contribution in [0.25, 0.3) is 0 Å². The van der Waals surface area contributed by atoms with Gasteiger partial charge in [0.25, 0.3) is 0 Å². The maximum absolute atomic E-state index is 8.65. The van der Waals surface area contributed by atoms with Crippen molar-refractivity contribution in [1.82, 2.24) is 0 Å². The van der Waals surface area contributed by atoms with Gasteiger partial charge < -0.3 is 21.0 Å². The quantitative estimate of drug-likeness (QED) is 0.325. The second kappa shape index (κ2) is 5.69. The number of ether oxygens (including phenoxy) is 1. The number of nitrogens with one attached hydrogen (secondary N) is 1. The summed E-state index contributed by atoms with van der Waals surface area (Å²) in [5.41, 5.74) is 6.65. The third-order valence-corrected chi connectivity index (χ3v) is 3.95. The summed E-state index contributed by atoms with van der Waals surface area (Å²) in [6.07, 6.45) is 2.80. The molecule has 0 aliphatic heterocycles. The minimum absolute atomic E-state index is 0.115. The number of anilines is 1. The molecule has 0 bridgehead atoms. The lowest BCUT2D eigenvalue weighted by atomic mass is 10.0. The Morgan fingerprint density at radius 1 is 1.58 bits per heavy atom. The van der Waals surface area contributed by atoms with E-state index < -0.39 is 0 Å². The molecule has 0 saturated heterocycles. The summed E-state index contributed by atoms with van der Waals surface area (Å²) < 4.78 is 6.31. The van der Waals surface area contributed by atoms with Crippen molar-refractivity contribution in [3.8, 4) is 5.75 Å². The lowest BCUT2D eigenvalue weighted by molar-refractivity contribution is 0.315. The zero-order chi connectivity index (χ0) is 13.9. The third kappa shape index (κ3) is 3.53. The number of hydrogen-bond acceptors (Lipinski definition) is 4. The molecule has 1 aliphatic carbocycles. The second-order valence-electron chi connectivity index (χ2n) is 4.97. The van der Waals surface area contributed by atoms with Crippen LogP contribution in [0.15, 0.2) is 27.8 Å². The van der Waals surface area contributed by atoms with Gasteiger partial charge in [0.05, 0.1) is 12.8 Å². The first-order chi connectivity index (χ1) is 9.08. The first kappa shape index (κ1) is 14.0. The smallest absolute Gasteiger partial charge is 0.142 e. The molecule has 0 unspecified atom stereocenters. The van der Waals surface area contributed by atoms with Gasteiger partial charge in [-0.05, 0) is 36.5 Å². The summed E-state index contributed by atoms with van der Waals surface area (Å²) in [7, 11) is 1.65. The van der Waals surface area contributed by atoms with E-state index in [1.54, 1.807) is 7.11 Å². The van der Waals surface area contributed by atoms with Crippen LogP contribution in [0.4, 0.5) is 5.69 Å². The molecule has 1 aliphatic rings. The third-order valence-electron chi connectivity index (χ3n) is 3.46. The Hall–Kier alpha value is -1.43. The highest BCUT2D eigenvalue weighted by atomic mass is 79.9. The fraction of sp³-hybridized carbons (Fsp3) is 0.462. The number of nitrogens with zero attached hydrogens (tertiary/aromatic N) is 1. The van der Waals surface area contributed by atoms with Crippen molar-refractivity contribution >= 4 is 27.5 Å². The lowest BCUT2D eigenvalue weighted by Crippen LogP contribution is -2.23. The van der Waals surface area contributed by atoms with Crippen molar-refractivity contribution in [1.29, 1.82) is 0 Å². The van der Waals surface area contributed by atoms with Crippen LogP contribution in [0.5, 0.6) is 5.75 Å². The molecule has 0 atom stereocenters. The van der Waals surface area contributed by atoms with Crippen LogP contribution in [-0.2, 0) is 0 Å². The minimum Gasteiger partial charge on any atom is -0.495 e. The summed E-state index contributed by atoms with van der Waals surface area (Å²) in [4.78, 5) is 0. The number of amidine groups is 1. The molecule has 1 fully saturated rings. The van der Waals surface area contributed by atoms with Crippen molar-refractivity contribution in [2.24, 2.45) is 16.3 Å². The lowest BCUT2D eigenvalue weighted by Gasteiger charge is -2.17. The predicted octanol–water partition coefficient (Wildman–Crippen LogP) is 2.79. The maximum Gasteiger partial charge on any atom is 0.142 e. The van der Waals surface area contributed by atoms with E-state index in [-0.39, 0.29) is 5.41 Å². The minimum atomic E-state index is 0.115. The molecule has 4 N–H and O–H groups in total. The van der Waals surface area contributed by atoms with Crippen LogP contribution >= 0.6 is 15.9 Å². The highest BCUT2D eigenvalue weighted by Gasteiger charge is 2.43. The molecule has 0 amide bonds. The zero-order valence-corrected chi connectivity index (χ0v) is 12.4. The van der Waals surface area contributed by atoms with Crippen LogP contribution in [0, 0.1) is 5.41 Å². The van der Waals surface area contributed by atoms with E-state index in [9.17, 15) is 0 Å². The van der Waals surface area contributed by atoms with Gasteiger partial charge in [-0.3, -0.25) is 0 Å². The first-order valence-electron chi connectivity index (χ1n) is 6.12. The van der Waals surface area contributed by atoms with Gasteiger partial charge in [0.2, 0.25) is 0 Å². The zero-order valence-electron chi connectivity index (χ0n) is 10.8. The normalized spacial score (nSPS) is 17.1. The van der Waals surface area contributed by atoms with Crippen LogP contribution in [0.2, 0.25) is 0 Å². The molecule has 1 saturated carbocycles. The molecular weight excluding hydrogens is 310 g/mol. The molecular formula is C13H18BrN3O2. The first-order valence-corrected chi connectivity index (χ1v) is 6.92. The number of nitrogens with two attached hydrogens (primary N) is 1. The maximum atomic E-state index is 8.65. The molecule has 1 aromatic rings. The standard InChI is InChI=1S/C13H18BrN3O2/c1-19-11-3-2-9(14)6-10(11)16-8-13(4-5-13)7-12(15)17-18/h2-3,6,16,18H,4-5,7-8H2,1H3,(H2,15,17). The highest BCUT2D eigenvalue weighted by Crippen LogP contribution is 2.49. The van der Waals surface area contributed by atoms with Crippen LogP contribution in [-0.4, -0.2) is 24.7 Å². The average molecular weight is 328 g/mol. The number of methoxy groups -OCH3 is 1. The van der Waals surface area contributed by atoms with Crippen molar-refractivity contribution < 1.29 is 9.94 Å². The van der Waals surface area contributed by atoms with E-state index in [0.29, 0.717) is 12.3 Å². The van der Waals surface area contributed by atoms with Gasteiger partial charge >= 0.3 is 0 Å². The second-order valence-corrected chi connectivity index (χ2v) is 5.88. The molecule has 5 nitrogen and oxygen atoms in total. The van der Waals surface area contributed by atoms with Gasteiger partial charge in [-0.1, -0.05) is 21.1 Å². The molecule has 104 valence electrons. The number of halogens is 1. The highest BCUT2D eigenvalue weighted by molar-refractivity contribution is 9.10. The van der Waals surface area contributed by atoms with Crippen molar-refractivity contribution in [3.05, 3.63) is 22.7 Å². The molecule has 19 heavy (non-hydrogen) atoms. The Morgan fingerprint density at radius 2 is 2.32 bits per heavy atom. The SMILES string of the molecule is COc1ccc(Br)cc1NCC1(CC(N)=NO)CC1. The number of benzene rings is 1. The number of rotatable bonds is 6. The summed E-state index contributed by atoms with van der Waals surface area (Å²) in [6.45, 7) is 0.788. The molecule has 0 aromatic heterocycles. The Bertz CT molecular complexity index is 487. The van der Waals surface area contributed by atoms with Crippen molar-refractivity contribution in [3.63, 3.8) is 0 Å². The topological polar surface area (TPSA) is 79.9 Å². The van der Waals surface area contributed by atoms with Crippen LogP contribution in [0.1, 0.15) is 19.3 Å². The summed E-state index contributed by atoms with van der Waals surface area (Å²) >= 11 is 3.45. The summed E-state index contributed by atoms with van der Waals surface area (Å²) in [5.74, 6) is 1.10. The van der Waals surface area contributed by atoms with E-state index in [4.69, 9.17) is 15.7 Å². The predicted molar refractivity (Wildman–Crippen MR) is 78.9 cm³/mol. The van der Waals surface area contributed by atoms with Gasteiger partial charge in [-0.15, -0.1) is 0 Å². The molecule has 0 spiro atoms. The van der Waals surface area contributed by atoms with Crippen molar-refractivity contribution in [2.45, 2.75) is 19.3 Å². The number of hydrogen-bond donors (Lipinski definition) is 3. The van der Waals surface area contributed by atoms with E-state index in [0.717, 1.165) is 35.3 Å². The van der Waals surface area contributed by atoms with Crippen molar-refractivity contribution in [2.75, 3.05) is 19.0 Å². The van der Waals surface area contributed by atoms with Gasteiger partial charge in [0, 0.05) is 17.4 Å². The van der Waals surface area contributed by atoms with Crippen LogP contribution in [0.3, 0.4) is 0 Å². The molecule has 2 rings (SSSR count). The summed E-state index contributed by atoms with van der Waals surface area (Å²) in [5, 5.41) is 15.1.